The third-order valence-electron chi connectivity index (χ3n) is 3.88. The van der Waals surface area contributed by atoms with Crippen LogP contribution >= 0.6 is 0 Å². The maximum absolute atomic E-state index is 12.9. The van der Waals surface area contributed by atoms with E-state index < -0.39 is 0 Å². The molecule has 2 aromatic rings. The highest BCUT2D eigenvalue weighted by Gasteiger charge is 2.22. The Morgan fingerprint density at radius 1 is 1.25 bits per heavy atom. The summed E-state index contributed by atoms with van der Waals surface area (Å²) in [6.45, 7) is 0.0207. The van der Waals surface area contributed by atoms with Gasteiger partial charge in [0.15, 0.2) is 6.61 Å². The molecule has 0 saturated carbocycles. The van der Waals surface area contributed by atoms with Gasteiger partial charge in [0, 0.05) is 19.2 Å². The molecule has 6 heteroatoms. The molecule has 0 bridgehead atoms. The minimum absolute atomic E-state index is 0.0207. The summed E-state index contributed by atoms with van der Waals surface area (Å²) in [5.74, 6) is 0.0341. The van der Waals surface area contributed by atoms with Crippen LogP contribution in [0.2, 0.25) is 0 Å². The van der Waals surface area contributed by atoms with Crippen molar-refractivity contribution in [1.29, 1.82) is 0 Å². The third kappa shape index (κ3) is 3.53. The lowest BCUT2D eigenvalue weighted by Crippen LogP contribution is -2.35. The van der Waals surface area contributed by atoms with Crippen molar-refractivity contribution in [3.63, 3.8) is 0 Å². The molecule has 0 radical (unpaired) electrons. The monoisotopic (exact) mass is 328 g/mol. The summed E-state index contributed by atoms with van der Waals surface area (Å²) >= 11 is 0. The minimum Gasteiger partial charge on any atom is -0.482 e. The van der Waals surface area contributed by atoms with Gasteiger partial charge >= 0.3 is 0 Å². The van der Waals surface area contributed by atoms with Gasteiger partial charge in [-0.15, -0.1) is 0 Å². The molecule has 1 aliphatic rings. The molecule has 3 rings (SSSR count). The Balaban J connectivity index is 1.62. The fourth-order valence-corrected chi connectivity index (χ4v) is 2.48. The Morgan fingerprint density at radius 3 is 2.75 bits per heavy atom. The molecule has 5 nitrogen and oxygen atoms in total. The van der Waals surface area contributed by atoms with Gasteiger partial charge in [-0.3, -0.25) is 9.59 Å². The number of amides is 2. The van der Waals surface area contributed by atoms with Crippen LogP contribution in [-0.4, -0.2) is 25.5 Å². The fraction of sp³-hybridized carbons (Fsp3) is 0.222. The lowest BCUT2D eigenvalue weighted by Gasteiger charge is -2.26. The molecule has 2 aromatic carbocycles. The maximum Gasteiger partial charge on any atom is 0.264 e. The number of carbonyl (C=O) groups is 2. The van der Waals surface area contributed by atoms with Crippen LogP contribution in [0.3, 0.4) is 0 Å². The fourth-order valence-electron chi connectivity index (χ4n) is 2.48. The van der Waals surface area contributed by atoms with E-state index in [1.165, 1.54) is 17.0 Å². The van der Waals surface area contributed by atoms with E-state index in [0.717, 1.165) is 5.56 Å². The number of aryl methyl sites for hydroxylation is 1. The second-order valence-corrected chi connectivity index (χ2v) is 5.60. The number of fused-ring (bicyclic) bond motifs is 1. The Hall–Kier alpha value is -2.89. The lowest BCUT2D eigenvalue weighted by molar-refractivity contribution is -0.121. The van der Waals surface area contributed by atoms with Crippen molar-refractivity contribution in [2.45, 2.75) is 12.8 Å². The normalized spacial score (nSPS) is 13.2. The first-order valence-electron chi connectivity index (χ1n) is 7.60. The van der Waals surface area contributed by atoms with E-state index in [0.29, 0.717) is 23.5 Å². The average molecular weight is 328 g/mol. The standard InChI is InChI=1S/C18H17FN2O3/c1-21-15-10-14(7-8-16(15)24-11-18(21)23)20-17(22)9-4-12-2-5-13(19)6-3-12/h2-3,5-8,10H,4,9,11H2,1H3,(H,20,22). The van der Waals surface area contributed by atoms with E-state index >= 15 is 0 Å². The topological polar surface area (TPSA) is 58.6 Å². The van der Waals surface area contributed by atoms with Crippen LogP contribution in [0.1, 0.15) is 12.0 Å². The van der Waals surface area contributed by atoms with E-state index in [2.05, 4.69) is 5.32 Å². The second kappa shape index (κ2) is 6.70. The van der Waals surface area contributed by atoms with Crippen LogP contribution in [-0.2, 0) is 16.0 Å². The number of hydrogen-bond donors (Lipinski definition) is 1. The van der Waals surface area contributed by atoms with E-state index in [9.17, 15) is 14.0 Å². The van der Waals surface area contributed by atoms with Crippen molar-refractivity contribution in [1.82, 2.24) is 0 Å². The number of rotatable bonds is 4. The van der Waals surface area contributed by atoms with Crippen molar-refractivity contribution in [2.24, 2.45) is 0 Å². The Bertz CT molecular complexity index is 774. The van der Waals surface area contributed by atoms with Gasteiger partial charge in [-0.25, -0.2) is 4.39 Å². The summed E-state index contributed by atoms with van der Waals surface area (Å²) in [5, 5.41) is 2.80. The summed E-state index contributed by atoms with van der Waals surface area (Å²) in [6.07, 6.45) is 0.812. The summed E-state index contributed by atoms with van der Waals surface area (Å²) in [4.78, 5) is 25.2. The molecular weight excluding hydrogens is 311 g/mol. The van der Waals surface area contributed by atoms with Crippen molar-refractivity contribution < 1.29 is 18.7 Å². The van der Waals surface area contributed by atoms with Crippen molar-refractivity contribution >= 4 is 23.2 Å². The zero-order valence-electron chi connectivity index (χ0n) is 13.2. The van der Waals surface area contributed by atoms with Gasteiger partial charge < -0.3 is 15.0 Å². The third-order valence-corrected chi connectivity index (χ3v) is 3.88. The maximum atomic E-state index is 12.9. The van der Waals surface area contributed by atoms with Crippen LogP contribution in [0.5, 0.6) is 5.75 Å². The number of benzene rings is 2. The van der Waals surface area contributed by atoms with Gasteiger partial charge in [-0.1, -0.05) is 12.1 Å². The predicted octanol–water partition coefficient (Wildman–Crippen LogP) is 2.75. The molecule has 1 aliphatic heterocycles. The molecule has 1 N–H and O–H groups in total. The zero-order chi connectivity index (χ0) is 17.1. The van der Waals surface area contributed by atoms with Crippen LogP contribution in [0.4, 0.5) is 15.8 Å². The number of ether oxygens (including phenoxy) is 1. The zero-order valence-corrected chi connectivity index (χ0v) is 13.2. The molecular formula is C18H17FN2O3. The van der Waals surface area contributed by atoms with Crippen molar-refractivity contribution in [2.75, 3.05) is 23.9 Å². The summed E-state index contributed by atoms with van der Waals surface area (Å²) in [5.41, 5.74) is 2.13. The number of halogens is 1. The number of nitrogens with one attached hydrogen (secondary N) is 1. The van der Waals surface area contributed by atoms with Crippen molar-refractivity contribution in [3.8, 4) is 5.75 Å². The van der Waals surface area contributed by atoms with Gasteiger partial charge in [0.2, 0.25) is 5.91 Å². The highest BCUT2D eigenvalue weighted by atomic mass is 19.1. The Kier molecular flexibility index (Phi) is 4.46. The molecule has 0 spiro atoms. The van der Waals surface area contributed by atoms with E-state index in [4.69, 9.17) is 4.74 Å². The molecule has 0 aliphatic carbocycles. The van der Waals surface area contributed by atoms with Crippen LogP contribution in [0.15, 0.2) is 42.5 Å². The largest absolute Gasteiger partial charge is 0.482 e. The van der Waals surface area contributed by atoms with Crippen molar-refractivity contribution in [3.05, 3.63) is 53.8 Å². The first-order valence-corrected chi connectivity index (χ1v) is 7.60. The van der Waals surface area contributed by atoms with E-state index in [-0.39, 0.29) is 30.7 Å². The van der Waals surface area contributed by atoms with Crippen LogP contribution < -0.4 is 15.0 Å². The lowest BCUT2D eigenvalue weighted by atomic mass is 10.1. The summed E-state index contributed by atoms with van der Waals surface area (Å²) in [7, 11) is 1.67. The molecule has 24 heavy (non-hydrogen) atoms. The molecule has 0 fully saturated rings. The van der Waals surface area contributed by atoms with Gasteiger partial charge in [0.25, 0.3) is 5.91 Å². The first-order chi connectivity index (χ1) is 11.5. The quantitative estimate of drug-likeness (QED) is 0.939. The molecule has 1 heterocycles. The average Bonchev–Trinajstić information content (AvgIpc) is 2.58. The Labute approximate surface area is 139 Å². The van der Waals surface area contributed by atoms with Crippen LogP contribution in [0, 0.1) is 5.82 Å². The first kappa shape index (κ1) is 16.0. The second-order valence-electron chi connectivity index (χ2n) is 5.60. The van der Waals surface area contributed by atoms with Gasteiger partial charge in [0.1, 0.15) is 11.6 Å². The van der Waals surface area contributed by atoms with Gasteiger partial charge in [0.05, 0.1) is 5.69 Å². The minimum atomic E-state index is -0.293. The smallest absolute Gasteiger partial charge is 0.264 e. The number of anilines is 2. The molecule has 2 amide bonds. The number of carbonyl (C=O) groups excluding carboxylic acids is 2. The van der Waals surface area contributed by atoms with E-state index in [1.807, 2.05) is 0 Å². The summed E-state index contributed by atoms with van der Waals surface area (Å²) in [6, 6.07) is 11.3. The molecule has 0 saturated heterocycles. The highest BCUT2D eigenvalue weighted by molar-refractivity contribution is 5.99. The van der Waals surface area contributed by atoms with Gasteiger partial charge in [-0.2, -0.15) is 0 Å². The van der Waals surface area contributed by atoms with Gasteiger partial charge in [-0.05, 0) is 42.3 Å². The molecule has 124 valence electrons. The molecule has 0 unspecified atom stereocenters. The number of likely N-dealkylation sites (N-methyl/N-ethyl adjacent to an activating group) is 1. The number of nitrogens with zero attached hydrogens (tertiary/aromatic N) is 1. The van der Waals surface area contributed by atoms with Crippen LogP contribution in [0.25, 0.3) is 0 Å². The predicted molar refractivity (Wildman–Crippen MR) is 88.7 cm³/mol. The van der Waals surface area contributed by atoms with E-state index in [1.54, 1.807) is 37.4 Å². The molecule has 0 aromatic heterocycles. The SMILES string of the molecule is CN1C(=O)COc2ccc(NC(=O)CCc3ccc(F)cc3)cc21. The molecule has 0 atom stereocenters. The summed E-state index contributed by atoms with van der Waals surface area (Å²) < 4.78 is 18.2. The highest BCUT2D eigenvalue weighted by Crippen LogP contribution is 2.33. The number of hydrogen-bond acceptors (Lipinski definition) is 3. The Morgan fingerprint density at radius 2 is 2.00 bits per heavy atom.